The van der Waals surface area contributed by atoms with E-state index in [4.69, 9.17) is 12.2 Å². The molecule has 0 aliphatic carbocycles. The molecular weight excluding hydrogens is 427 g/mol. The van der Waals surface area contributed by atoms with E-state index in [-0.39, 0.29) is 42.1 Å². The summed E-state index contributed by atoms with van der Waals surface area (Å²) in [6.07, 6.45) is 2.23. The number of thioether (sulfide) groups is 1. The SMILES string of the molecule is O=C(CCN1C(=O)/C(=C\c2ccc(F)cc2)SC1=S)NCCc1ccc(O)c(O)c1. The normalized spacial score (nSPS) is 15.1. The van der Waals surface area contributed by atoms with E-state index in [1.54, 1.807) is 24.3 Å². The lowest BCUT2D eigenvalue weighted by molar-refractivity contribution is -0.123. The van der Waals surface area contributed by atoms with Gasteiger partial charge in [-0.2, -0.15) is 0 Å². The molecule has 1 heterocycles. The number of carbonyl (C=O) groups is 2. The second-order valence-corrected chi connectivity index (χ2v) is 8.23. The van der Waals surface area contributed by atoms with Gasteiger partial charge in [0.1, 0.15) is 10.1 Å². The van der Waals surface area contributed by atoms with Crippen LogP contribution in [0.2, 0.25) is 0 Å². The highest BCUT2D eigenvalue weighted by molar-refractivity contribution is 8.26. The Labute approximate surface area is 182 Å². The number of nitrogens with one attached hydrogen (secondary N) is 1. The number of phenols is 2. The number of aromatic hydroxyl groups is 2. The van der Waals surface area contributed by atoms with Crippen molar-refractivity contribution < 1.29 is 24.2 Å². The fraction of sp³-hybridized carbons (Fsp3) is 0.190. The molecule has 0 aromatic heterocycles. The molecule has 3 rings (SSSR count). The fourth-order valence-electron chi connectivity index (χ4n) is 2.78. The number of rotatable bonds is 7. The van der Waals surface area contributed by atoms with Gasteiger partial charge in [-0.25, -0.2) is 4.39 Å². The van der Waals surface area contributed by atoms with Crippen LogP contribution in [-0.4, -0.2) is 44.3 Å². The molecule has 30 heavy (non-hydrogen) atoms. The number of benzene rings is 2. The Kier molecular flexibility index (Phi) is 7.07. The van der Waals surface area contributed by atoms with Gasteiger partial charge >= 0.3 is 0 Å². The molecule has 2 aromatic carbocycles. The Morgan fingerprint density at radius 1 is 1.17 bits per heavy atom. The number of phenolic OH excluding ortho intramolecular Hbond substituents is 2. The first-order valence-corrected chi connectivity index (χ1v) is 10.3. The highest BCUT2D eigenvalue weighted by Gasteiger charge is 2.32. The third-order valence-electron chi connectivity index (χ3n) is 4.38. The zero-order chi connectivity index (χ0) is 21.7. The minimum absolute atomic E-state index is 0.0943. The lowest BCUT2D eigenvalue weighted by Gasteiger charge is -2.14. The van der Waals surface area contributed by atoms with Crippen LogP contribution in [0.1, 0.15) is 17.5 Å². The van der Waals surface area contributed by atoms with E-state index >= 15 is 0 Å². The second-order valence-electron chi connectivity index (χ2n) is 6.56. The van der Waals surface area contributed by atoms with Gasteiger partial charge in [0.05, 0.1) is 4.91 Å². The Hall–Kier alpha value is -2.91. The molecule has 0 radical (unpaired) electrons. The molecule has 2 aromatic rings. The van der Waals surface area contributed by atoms with E-state index in [9.17, 15) is 24.2 Å². The van der Waals surface area contributed by atoms with E-state index in [2.05, 4.69) is 5.32 Å². The van der Waals surface area contributed by atoms with Crippen molar-refractivity contribution in [2.75, 3.05) is 13.1 Å². The summed E-state index contributed by atoms with van der Waals surface area (Å²) in [5.74, 6) is -1.26. The summed E-state index contributed by atoms with van der Waals surface area (Å²) >= 11 is 6.40. The molecule has 1 aliphatic rings. The molecular formula is C21H19FN2O4S2. The molecule has 1 saturated heterocycles. The zero-order valence-corrected chi connectivity index (χ0v) is 17.4. The molecule has 6 nitrogen and oxygen atoms in total. The fourth-order valence-corrected chi connectivity index (χ4v) is 4.08. The van der Waals surface area contributed by atoms with Gasteiger partial charge in [-0.05, 0) is 47.9 Å². The summed E-state index contributed by atoms with van der Waals surface area (Å²) in [6, 6.07) is 10.3. The van der Waals surface area contributed by atoms with Crippen molar-refractivity contribution in [3.05, 3.63) is 64.3 Å². The minimum Gasteiger partial charge on any atom is -0.504 e. The average Bonchev–Trinajstić information content (AvgIpc) is 2.97. The van der Waals surface area contributed by atoms with Crippen LogP contribution in [-0.2, 0) is 16.0 Å². The molecule has 0 atom stereocenters. The third kappa shape index (κ3) is 5.58. The summed E-state index contributed by atoms with van der Waals surface area (Å²) in [5, 5.41) is 21.5. The van der Waals surface area contributed by atoms with E-state index in [0.29, 0.717) is 27.8 Å². The van der Waals surface area contributed by atoms with E-state index < -0.39 is 0 Å². The van der Waals surface area contributed by atoms with Crippen molar-refractivity contribution in [2.45, 2.75) is 12.8 Å². The minimum atomic E-state index is -0.354. The third-order valence-corrected chi connectivity index (χ3v) is 5.76. The van der Waals surface area contributed by atoms with Crippen molar-refractivity contribution in [3.63, 3.8) is 0 Å². The molecule has 0 saturated carbocycles. The predicted molar refractivity (Wildman–Crippen MR) is 117 cm³/mol. The Bertz CT molecular complexity index is 1010. The van der Waals surface area contributed by atoms with Crippen LogP contribution in [0.25, 0.3) is 6.08 Å². The zero-order valence-electron chi connectivity index (χ0n) is 15.8. The summed E-state index contributed by atoms with van der Waals surface area (Å²) in [6.45, 7) is 0.517. The maximum Gasteiger partial charge on any atom is 0.266 e. The maximum atomic E-state index is 13.0. The van der Waals surface area contributed by atoms with Crippen molar-refractivity contribution in [3.8, 4) is 11.5 Å². The first kappa shape index (κ1) is 21.8. The lowest BCUT2D eigenvalue weighted by atomic mass is 10.1. The Morgan fingerprint density at radius 3 is 2.60 bits per heavy atom. The van der Waals surface area contributed by atoms with Crippen molar-refractivity contribution in [1.29, 1.82) is 0 Å². The van der Waals surface area contributed by atoms with Crippen LogP contribution in [0, 0.1) is 5.82 Å². The van der Waals surface area contributed by atoms with Crippen LogP contribution < -0.4 is 5.32 Å². The number of hydrogen-bond acceptors (Lipinski definition) is 6. The van der Waals surface area contributed by atoms with Gasteiger partial charge in [0.25, 0.3) is 5.91 Å². The molecule has 0 bridgehead atoms. The van der Waals surface area contributed by atoms with Crippen LogP contribution in [0.3, 0.4) is 0 Å². The van der Waals surface area contributed by atoms with Gasteiger partial charge in [-0.15, -0.1) is 0 Å². The van der Waals surface area contributed by atoms with Gasteiger partial charge in [-0.1, -0.05) is 42.2 Å². The van der Waals surface area contributed by atoms with Gasteiger partial charge < -0.3 is 15.5 Å². The lowest BCUT2D eigenvalue weighted by Crippen LogP contribution is -2.34. The van der Waals surface area contributed by atoms with Gasteiger partial charge in [0.2, 0.25) is 5.91 Å². The standard InChI is InChI=1S/C21H19FN2O4S2/c22-15-4-1-13(2-5-15)12-18-20(28)24(21(29)30-18)10-8-19(27)23-9-7-14-3-6-16(25)17(26)11-14/h1-6,11-12,25-26H,7-10H2,(H,23,27)/b18-12+. The molecule has 0 unspecified atom stereocenters. The highest BCUT2D eigenvalue weighted by atomic mass is 32.2. The number of halogens is 1. The van der Waals surface area contributed by atoms with Gasteiger partial charge in [0, 0.05) is 19.5 Å². The van der Waals surface area contributed by atoms with Crippen LogP contribution >= 0.6 is 24.0 Å². The quantitative estimate of drug-likeness (QED) is 0.344. The van der Waals surface area contributed by atoms with Crippen LogP contribution in [0.15, 0.2) is 47.4 Å². The summed E-state index contributed by atoms with van der Waals surface area (Å²) in [5.41, 5.74) is 1.46. The predicted octanol–water partition coefficient (Wildman–Crippen LogP) is 3.19. The first-order valence-electron chi connectivity index (χ1n) is 9.12. The average molecular weight is 447 g/mol. The monoisotopic (exact) mass is 446 g/mol. The van der Waals surface area contributed by atoms with Crippen LogP contribution in [0.5, 0.6) is 11.5 Å². The topological polar surface area (TPSA) is 89.9 Å². The van der Waals surface area contributed by atoms with E-state index in [1.807, 2.05) is 0 Å². The number of thiocarbonyl (C=S) groups is 1. The number of hydrogen-bond donors (Lipinski definition) is 3. The molecule has 2 amide bonds. The molecule has 0 spiro atoms. The Morgan fingerprint density at radius 2 is 1.90 bits per heavy atom. The molecule has 156 valence electrons. The van der Waals surface area contributed by atoms with Gasteiger partial charge in [-0.3, -0.25) is 14.5 Å². The summed E-state index contributed by atoms with van der Waals surface area (Å²) < 4.78 is 13.4. The Balaban J connectivity index is 1.48. The number of amides is 2. The molecule has 1 fully saturated rings. The summed E-state index contributed by atoms with van der Waals surface area (Å²) in [4.78, 5) is 26.5. The van der Waals surface area contributed by atoms with E-state index in [1.165, 1.54) is 29.2 Å². The van der Waals surface area contributed by atoms with Crippen LogP contribution in [0.4, 0.5) is 4.39 Å². The van der Waals surface area contributed by atoms with Crippen molar-refractivity contribution in [1.82, 2.24) is 10.2 Å². The first-order chi connectivity index (χ1) is 14.3. The number of nitrogens with zero attached hydrogens (tertiary/aromatic N) is 1. The molecule has 9 heteroatoms. The molecule has 1 aliphatic heterocycles. The molecule has 3 N–H and O–H groups in total. The second kappa shape index (κ2) is 9.73. The smallest absolute Gasteiger partial charge is 0.266 e. The maximum absolute atomic E-state index is 13.0. The number of carbonyl (C=O) groups excluding carboxylic acids is 2. The largest absolute Gasteiger partial charge is 0.504 e. The van der Waals surface area contributed by atoms with Crippen molar-refractivity contribution >= 4 is 46.2 Å². The highest BCUT2D eigenvalue weighted by Crippen LogP contribution is 2.32. The van der Waals surface area contributed by atoms with E-state index in [0.717, 1.165) is 17.3 Å². The summed E-state index contributed by atoms with van der Waals surface area (Å²) in [7, 11) is 0. The van der Waals surface area contributed by atoms with Crippen molar-refractivity contribution in [2.24, 2.45) is 0 Å². The van der Waals surface area contributed by atoms with Gasteiger partial charge in [0.15, 0.2) is 11.5 Å².